The van der Waals surface area contributed by atoms with Crippen molar-refractivity contribution in [3.8, 4) is 0 Å². The van der Waals surface area contributed by atoms with E-state index in [9.17, 15) is 4.79 Å². The Morgan fingerprint density at radius 2 is 1.85 bits per heavy atom. The molecule has 1 saturated carbocycles. The van der Waals surface area contributed by atoms with Crippen molar-refractivity contribution in [3.05, 3.63) is 35.4 Å². The molecule has 0 radical (unpaired) electrons. The molecular formula is C20H29BrN2OS2. The zero-order valence-corrected chi connectivity index (χ0v) is 18.9. The second kappa shape index (κ2) is 9.35. The molecule has 0 spiro atoms. The summed E-state index contributed by atoms with van der Waals surface area (Å²) in [5.74, 6) is 0.0679. The fourth-order valence-corrected chi connectivity index (χ4v) is 7.26. The van der Waals surface area contributed by atoms with Crippen molar-refractivity contribution in [3.63, 3.8) is 0 Å². The number of carbonyl (C=O) groups is 1. The highest BCUT2D eigenvalue weighted by molar-refractivity contribution is 9.08. The topological polar surface area (TPSA) is 32.3 Å². The number of nitrogens with one attached hydrogen (secondary N) is 1. The fourth-order valence-electron chi connectivity index (χ4n) is 4.41. The Labute approximate surface area is 174 Å². The molecule has 0 aromatic heterocycles. The predicted molar refractivity (Wildman–Crippen MR) is 119 cm³/mol. The third-order valence-electron chi connectivity index (χ3n) is 5.78. The molecular weight excluding hydrogens is 428 g/mol. The lowest BCUT2D eigenvalue weighted by molar-refractivity contribution is 0.0858. The van der Waals surface area contributed by atoms with Gasteiger partial charge in [0, 0.05) is 16.9 Å². The first-order chi connectivity index (χ1) is 12.6. The number of carbonyl (C=O) groups excluding carboxylic acids is 1. The third kappa shape index (κ3) is 4.29. The second-order valence-corrected chi connectivity index (χ2v) is 10.3. The molecule has 26 heavy (non-hydrogen) atoms. The Bertz CT molecular complexity index is 600. The molecule has 1 heterocycles. The summed E-state index contributed by atoms with van der Waals surface area (Å²) in [4.78, 5) is 15.5. The van der Waals surface area contributed by atoms with E-state index in [1.807, 2.05) is 47.8 Å². The van der Waals surface area contributed by atoms with Crippen LogP contribution in [-0.2, 0) is 5.33 Å². The van der Waals surface area contributed by atoms with Gasteiger partial charge in [-0.3, -0.25) is 9.69 Å². The summed E-state index contributed by atoms with van der Waals surface area (Å²) in [5, 5.41) is 4.22. The standard InChI is InChI=1S/C20H29BrN2OS2/c1-25-20(26-2)11-5-6-17(18(20)23-12-3-4-13-23)22-19(24)16-9-7-15(14-21)8-10-16/h7-10,17-18H,3-6,11-14H2,1-2H3,(H,22,24). The minimum atomic E-state index is 0.0679. The minimum Gasteiger partial charge on any atom is -0.348 e. The van der Waals surface area contributed by atoms with Gasteiger partial charge >= 0.3 is 0 Å². The molecule has 6 heteroatoms. The molecule has 2 aliphatic rings. The van der Waals surface area contributed by atoms with Crippen molar-refractivity contribution in [1.82, 2.24) is 10.2 Å². The third-order valence-corrected chi connectivity index (χ3v) is 9.70. The van der Waals surface area contributed by atoms with E-state index in [-0.39, 0.29) is 16.0 Å². The van der Waals surface area contributed by atoms with Crippen LogP contribution in [0.25, 0.3) is 0 Å². The molecule has 1 N–H and O–H groups in total. The first-order valence-corrected chi connectivity index (χ1v) is 13.0. The van der Waals surface area contributed by atoms with E-state index in [4.69, 9.17) is 0 Å². The summed E-state index contributed by atoms with van der Waals surface area (Å²) < 4.78 is 0.181. The van der Waals surface area contributed by atoms with Crippen molar-refractivity contribution in [2.24, 2.45) is 0 Å². The predicted octanol–water partition coefficient (Wildman–Crippen LogP) is 4.75. The van der Waals surface area contributed by atoms with Crippen LogP contribution < -0.4 is 5.32 Å². The van der Waals surface area contributed by atoms with Crippen LogP contribution in [0.1, 0.15) is 48.0 Å². The summed E-state index contributed by atoms with van der Waals surface area (Å²) in [5.41, 5.74) is 1.96. The van der Waals surface area contributed by atoms with E-state index in [2.05, 4.69) is 38.7 Å². The summed E-state index contributed by atoms with van der Waals surface area (Å²) in [6.45, 7) is 2.33. The molecule has 1 aromatic rings. The number of benzene rings is 1. The smallest absolute Gasteiger partial charge is 0.251 e. The van der Waals surface area contributed by atoms with Crippen molar-refractivity contribution in [1.29, 1.82) is 0 Å². The average molecular weight is 458 g/mol. The molecule has 1 saturated heterocycles. The van der Waals surface area contributed by atoms with E-state index in [0.29, 0.717) is 6.04 Å². The van der Waals surface area contributed by atoms with Crippen LogP contribution >= 0.6 is 39.5 Å². The number of nitrogens with zero attached hydrogens (tertiary/aromatic N) is 1. The van der Waals surface area contributed by atoms with Gasteiger partial charge in [-0.15, -0.1) is 23.5 Å². The lowest BCUT2D eigenvalue weighted by atomic mass is 9.87. The molecule has 2 fully saturated rings. The number of amides is 1. The fraction of sp³-hybridized carbons (Fsp3) is 0.650. The highest BCUT2D eigenvalue weighted by atomic mass is 79.9. The maximum atomic E-state index is 12.9. The zero-order valence-electron chi connectivity index (χ0n) is 15.7. The quantitative estimate of drug-likeness (QED) is 0.494. The van der Waals surface area contributed by atoms with Gasteiger partial charge in [-0.1, -0.05) is 28.1 Å². The molecule has 2 unspecified atom stereocenters. The summed E-state index contributed by atoms with van der Waals surface area (Å²) in [6.07, 6.45) is 10.5. The maximum absolute atomic E-state index is 12.9. The van der Waals surface area contributed by atoms with E-state index in [1.165, 1.54) is 44.3 Å². The molecule has 1 aliphatic carbocycles. The summed E-state index contributed by atoms with van der Waals surface area (Å²) in [7, 11) is 0. The Hall–Kier alpha value is -0.170. The minimum absolute atomic E-state index is 0.0679. The number of alkyl halides is 1. The Kier molecular flexibility index (Phi) is 7.40. The zero-order chi connectivity index (χ0) is 18.6. The average Bonchev–Trinajstić information content (AvgIpc) is 3.21. The van der Waals surface area contributed by atoms with Gasteiger partial charge in [0.15, 0.2) is 0 Å². The van der Waals surface area contributed by atoms with Crippen molar-refractivity contribution >= 4 is 45.4 Å². The number of rotatable bonds is 6. The molecule has 144 valence electrons. The molecule has 1 aliphatic heterocycles. The van der Waals surface area contributed by atoms with Crippen molar-refractivity contribution in [2.45, 2.75) is 53.6 Å². The molecule has 1 aromatic carbocycles. The van der Waals surface area contributed by atoms with E-state index in [1.54, 1.807) is 0 Å². The van der Waals surface area contributed by atoms with Gasteiger partial charge in [0.2, 0.25) is 0 Å². The van der Waals surface area contributed by atoms with E-state index in [0.717, 1.165) is 17.3 Å². The van der Waals surface area contributed by atoms with Crippen LogP contribution in [-0.4, -0.2) is 52.6 Å². The molecule has 3 rings (SSSR count). The monoisotopic (exact) mass is 456 g/mol. The molecule has 2 atom stereocenters. The maximum Gasteiger partial charge on any atom is 0.251 e. The van der Waals surface area contributed by atoms with Crippen LogP contribution in [0.3, 0.4) is 0 Å². The van der Waals surface area contributed by atoms with Gasteiger partial charge < -0.3 is 5.32 Å². The number of hydrogen-bond acceptors (Lipinski definition) is 4. The molecule has 1 amide bonds. The van der Waals surface area contributed by atoms with Crippen LogP contribution in [0.4, 0.5) is 0 Å². The first-order valence-electron chi connectivity index (χ1n) is 9.43. The van der Waals surface area contributed by atoms with Gasteiger partial charge in [-0.25, -0.2) is 0 Å². The number of likely N-dealkylation sites (tertiary alicyclic amines) is 1. The van der Waals surface area contributed by atoms with Gasteiger partial charge in [0.1, 0.15) is 0 Å². The lowest BCUT2D eigenvalue weighted by Gasteiger charge is -2.50. The SMILES string of the molecule is CSC1(SC)CCCC(NC(=O)c2ccc(CBr)cc2)C1N1CCCC1. The molecule has 3 nitrogen and oxygen atoms in total. The first kappa shape index (κ1) is 20.6. The highest BCUT2D eigenvalue weighted by Crippen LogP contribution is 2.49. The number of halogens is 1. The number of thioether (sulfide) groups is 2. The Morgan fingerprint density at radius 1 is 1.19 bits per heavy atom. The van der Waals surface area contributed by atoms with Gasteiger partial charge in [0.05, 0.1) is 10.1 Å². The summed E-state index contributed by atoms with van der Waals surface area (Å²) >= 11 is 7.43. The van der Waals surface area contributed by atoms with Gasteiger partial charge in [-0.05, 0) is 75.4 Å². The van der Waals surface area contributed by atoms with Crippen LogP contribution in [0, 0.1) is 0 Å². The summed E-state index contributed by atoms with van der Waals surface area (Å²) in [6, 6.07) is 8.57. The van der Waals surface area contributed by atoms with E-state index < -0.39 is 0 Å². The highest BCUT2D eigenvalue weighted by Gasteiger charge is 2.48. The van der Waals surface area contributed by atoms with Crippen molar-refractivity contribution in [2.75, 3.05) is 25.6 Å². The number of hydrogen-bond donors (Lipinski definition) is 1. The lowest BCUT2D eigenvalue weighted by Crippen LogP contribution is -2.62. The van der Waals surface area contributed by atoms with Crippen LogP contribution in [0.5, 0.6) is 0 Å². The Balaban J connectivity index is 1.79. The van der Waals surface area contributed by atoms with Crippen LogP contribution in [0.15, 0.2) is 24.3 Å². The van der Waals surface area contributed by atoms with Crippen molar-refractivity contribution < 1.29 is 4.79 Å². The largest absolute Gasteiger partial charge is 0.348 e. The van der Waals surface area contributed by atoms with E-state index >= 15 is 0 Å². The van der Waals surface area contributed by atoms with Gasteiger partial charge in [0.25, 0.3) is 5.91 Å². The second-order valence-electron chi connectivity index (χ2n) is 7.21. The normalized spacial score (nSPS) is 26.0. The molecule has 0 bridgehead atoms. The van der Waals surface area contributed by atoms with Gasteiger partial charge in [-0.2, -0.15) is 0 Å². The van der Waals surface area contributed by atoms with Crippen LogP contribution in [0.2, 0.25) is 0 Å². The Morgan fingerprint density at radius 3 is 2.42 bits per heavy atom.